The zero-order valence-corrected chi connectivity index (χ0v) is 13.3. The molecule has 1 aromatic rings. The Balaban J connectivity index is 2.60. The van der Waals surface area contributed by atoms with Crippen molar-refractivity contribution < 1.29 is 22.7 Å². The van der Waals surface area contributed by atoms with Crippen molar-refractivity contribution in [2.45, 2.75) is 38.9 Å². The van der Waals surface area contributed by atoms with Crippen molar-refractivity contribution in [1.29, 1.82) is 0 Å². The number of carbonyl (C=O) groups is 1. The van der Waals surface area contributed by atoms with E-state index in [1.54, 1.807) is 6.07 Å². The van der Waals surface area contributed by atoms with E-state index in [0.717, 1.165) is 12.8 Å². The Kier molecular flexibility index (Phi) is 8.09. The number of nitrogens with zero attached hydrogens (tertiary/aromatic N) is 1. The fraction of sp³-hybridized carbons (Fsp3) is 0.529. The van der Waals surface area contributed by atoms with E-state index in [4.69, 9.17) is 4.74 Å². The number of halogens is 3. The number of unbranched alkanes of at least 4 members (excludes halogenated alkanes) is 1. The van der Waals surface area contributed by atoms with Crippen LogP contribution in [0.25, 0.3) is 0 Å². The summed E-state index contributed by atoms with van der Waals surface area (Å²) >= 11 is 0. The molecule has 1 radical (unpaired) electrons. The van der Waals surface area contributed by atoms with Gasteiger partial charge in [0, 0.05) is 19.1 Å². The molecule has 0 aliphatic heterocycles. The summed E-state index contributed by atoms with van der Waals surface area (Å²) in [4.78, 5) is 12.1. The standard InChI is InChI=1S/C17H23F3NO2/c1-3-4-12-23-13-8-9-14(2)16(22)21(17(18,19)20)15-10-6-5-7-11-15/h5-7,10-11,14H,1,3-4,8-9,12-13H2,2H3. The number of rotatable bonds is 9. The molecule has 129 valence electrons. The minimum atomic E-state index is -4.74. The van der Waals surface area contributed by atoms with E-state index in [1.807, 2.05) is 0 Å². The molecule has 0 N–H and O–H groups in total. The zero-order chi connectivity index (χ0) is 17.3. The Morgan fingerprint density at radius 2 is 1.83 bits per heavy atom. The molecule has 1 atom stereocenters. The lowest BCUT2D eigenvalue weighted by Gasteiger charge is -2.27. The number of hydrogen-bond donors (Lipinski definition) is 0. The van der Waals surface area contributed by atoms with Crippen molar-refractivity contribution in [3.05, 3.63) is 37.3 Å². The van der Waals surface area contributed by atoms with E-state index >= 15 is 0 Å². The Bertz CT molecular complexity index is 463. The van der Waals surface area contributed by atoms with Crippen molar-refractivity contribution in [2.24, 2.45) is 5.92 Å². The van der Waals surface area contributed by atoms with Crippen molar-refractivity contribution in [3.63, 3.8) is 0 Å². The second kappa shape index (κ2) is 9.55. The average molecular weight is 330 g/mol. The molecule has 3 nitrogen and oxygen atoms in total. The summed E-state index contributed by atoms with van der Waals surface area (Å²) in [6, 6.07) is 7.11. The predicted octanol–water partition coefficient (Wildman–Crippen LogP) is 4.59. The first-order chi connectivity index (χ1) is 10.9. The molecule has 1 rings (SSSR count). The maximum absolute atomic E-state index is 13.2. The first kappa shape index (κ1) is 19.5. The van der Waals surface area contributed by atoms with Crippen LogP contribution in [0, 0.1) is 12.8 Å². The Morgan fingerprint density at radius 3 is 2.39 bits per heavy atom. The molecular formula is C17H23F3NO2. The average Bonchev–Trinajstić information content (AvgIpc) is 2.50. The normalized spacial score (nSPS) is 12.9. The van der Waals surface area contributed by atoms with E-state index in [9.17, 15) is 18.0 Å². The van der Waals surface area contributed by atoms with Gasteiger partial charge >= 0.3 is 6.30 Å². The van der Waals surface area contributed by atoms with Crippen LogP contribution < -0.4 is 4.90 Å². The summed E-state index contributed by atoms with van der Waals surface area (Å²) in [6.45, 7) is 6.23. The van der Waals surface area contributed by atoms with Gasteiger partial charge in [0.25, 0.3) is 0 Å². The summed E-state index contributed by atoms with van der Waals surface area (Å²) in [7, 11) is 0. The van der Waals surface area contributed by atoms with Gasteiger partial charge in [0.15, 0.2) is 0 Å². The van der Waals surface area contributed by atoms with Crippen molar-refractivity contribution in [1.82, 2.24) is 0 Å². The smallest absolute Gasteiger partial charge is 0.381 e. The van der Waals surface area contributed by atoms with E-state index in [-0.39, 0.29) is 10.6 Å². The minimum Gasteiger partial charge on any atom is -0.381 e. The number of carbonyl (C=O) groups excluding carboxylic acids is 1. The van der Waals surface area contributed by atoms with Crippen LogP contribution in [0.2, 0.25) is 0 Å². The molecule has 0 heterocycles. The first-order valence-corrected chi connectivity index (χ1v) is 7.70. The van der Waals surface area contributed by atoms with Crippen LogP contribution in [0.1, 0.15) is 32.6 Å². The number of ether oxygens (including phenoxy) is 1. The van der Waals surface area contributed by atoms with Gasteiger partial charge in [0.1, 0.15) is 0 Å². The molecule has 0 aliphatic carbocycles. The lowest BCUT2D eigenvalue weighted by molar-refractivity contribution is -0.152. The molecule has 23 heavy (non-hydrogen) atoms. The second-order valence-corrected chi connectivity index (χ2v) is 5.34. The highest BCUT2D eigenvalue weighted by atomic mass is 19.4. The molecule has 0 spiro atoms. The highest BCUT2D eigenvalue weighted by molar-refractivity contribution is 5.95. The molecule has 0 aliphatic rings. The fourth-order valence-electron chi connectivity index (χ4n) is 2.12. The summed E-state index contributed by atoms with van der Waals surface area (Å²) < 4.78 is 45.0. The highest BCUT2D eigenvalue weighted by Crippen LogP contribution is 2.30. The third-order valence-corrected chi connectivity index (χ3v) is 3.37. The third kappa shape index (κ3) is 6.60. The van der Waals surface area contributed by atoms with Gasteiger partial charge in [-0.3, -0.25) is 4.79 Å². The van der Waals surface area contributed by atoms with Crippen molar-refractivity contribution >= 4 is 11.6 Å². The summed E-state index contributed by atoms with van der Waals surface area (Å²) in [5.74, 6) is -1.67. The van der Waals surface area contributed by atoms with Crippen LogP contribution in [-0.4, -0.2) is 25.4 Å². The minimum absolute atomic E-state index is 0.0821. The Morgan fingerprint density at radius 1 is 1.22 bits per heavy atom. The predicted molar refractivity (Wildman–Crippen MR) is 83.8 cm³/mol. The van der Waals surface area contributed by atoms with Gasteiger partial charge in [-0.25, -0.2) is 4.90 Å². The molecule has 1 amide bonds. The summed E-state index contributed by atoms with van der Waals surface area (Å²) in [5, 5.41) is 0. The van der Waals surface area contributed by atoms with Gasteiger partial charge < -0.3 is 4.74 Å². The molecule has 0 fully saturated rings. The number of para-hydroxylation sites is 1. The molecule has 1 aromatic carbocycles. The zero-order valence-electron chi connectivity index (χ0n) is 13.3. The Labute approximate surface area is 135 Å². The number of hydrogen-bond acceptors (Lipinski definition) is 2. The number of benzene rings is 1. The van der Waals surface area contributed by atoms with Gasteiger partial charge in [-0.15, -0.1) is 13.2 Å². The largest absolute Gasteiger partial charge is 0.491 e. The van der Waals surface area contributed by atoms with E-state index in [1.165, 1.54) is 31.2 Å². The fourth-order valence-corrected chi connectivity index (χ4v) is 2.12. The number of anilines is 1. The van der Waals surface area contributed by atoms with Crippen molar-refractivity contribution in [3.8, 4) is 0 Å². The first-order valence-electron chi connectivity index (χ1n) is 7.70. The maximum atomic E-state index is 13.2. The van der Waals surface area contributed by atoms with E-state index < -0.39 is 18.1 Å². The molecule has 0 saturated heterocycles. The van der Waals surface area contributed by atoms with Crippen molar-refractivity contribution in [2.75, 3.05) is 18.1 Å². The third-order valence-electron chi connectivity index (χ3n) is 3.37. The van der Waals surface area contributed by atoms with E-state index in [2.05, 4.69) is 6.92 Å². The molecule has 0 saturated carbocycles. The van der Waals surface area contributed by atoms with Gasteiger partial charge in [0.2, 0.25) is 5.91 Å². The molecule has 0 bridgehead atoms. The topological polar surface area (TPSA) is 29.5 Å². The lowest BCUT2D eigenvalue weighted by Crippen LogP contribution is -2.45. The number of amides is 1. The van der Waals surface area contributed by atoms with Gasteiger partial charge in [-0.05, 0) is 31.4 Å². The summed E-state index contributed by atoms with van der Waals surface area (Å²) in [6.07, 6.45) is -2.21. The molecule has 0 aromatic heterocycles. The maximum Gasteiger partial charge on any atom is 0.491 e. The van der Waals surface area contributed by atoms with Crippen LogP contribution >= 0.6 is 0 Å². The molecule has 6 heteroatoms. The van der Waals surface area contributed by atoms with Gasteiger partial charge in [-0.2, -0.15) is 0 Å². The van der Waals surface area contributed by atoms with Crippen LogP contribution in [0.5, 0.6) is 0 Å². The quantitative estimate of drug-likeness (QED) is 0.490. The van der Waals surface area contributed by atoms with Gasteiger partial charge in [0.05, 0.1) is 5.69 Å². The lowest BCUT2D eigenvalue weighted by atomic mass is 10.0. The summed E-state index contributed by atoms with van der Waals surface area (Å²) in [5.41, 5.74) is -0.163. The SMILES string of the molecule is [CH2]CCCOCCCC(C)C(=O)N(c1ccccc1)C(F)(F)F. The molecule has 1 unspecified atom stereocenters. The Hall–Kier alpha value is -1.56. The van der Waals surface area contributed by atoms with Gasteiger partial charge in [-0.1, -0.05) is 38.5 Å². The van der Waals surface area contributed by atoms with Crippen LogP contribution in [0.3, 0.4) is 0 Å². The monoisotopic (exact) mass is 330 g/mol. The van der Waals surface area contributed by atoms with Crippen LogP contribution in [0.15, 0.2) is 30.3 Å². The van der Waals surface area contributed by atoms with E-state index in [0.29, 0.717) is 26.1 Å². The van der Waals surface area contributed by atoms with Crippen LogP contribution in [-0.2, 0) is 9.53 Å². The molecular weight excluding hydrogens is 307 g/mol. The second-order valence-electron chi connectivity index (χ2n) is 5.34. The van der Waals surface area contributed by atoms with Crippen LogP contribution in [0.4, 0.5) is 18.9 Å². The highest BCUT2D eigenvalue weighted by Gasteiger charge is 2.43. The number of alkyl halides is 3.